The summed E-state index contributed by atoms with van der Waals surface area (Å²) in [6.45, 7) is 6.85. The van der Waals surface area contributed by atoms with Crippen LogP contribution in [0.25, 0.3) is 0 Å². The maximum Gasteiger partial charge on any atom is -0.0000480 e. The van der Waals surface area contributed by atoms with Gasteiger partial charge in [-0.25, -0.2) is 0 Å². The van der Waals surface area contributed by atoms with Crippen molar-refractivity contribution in [1.29, 1.82) is 0 Å². The van der Waals surface area contributed by atoms with Gasteiger partial charge in [-0.1, -0.05) is 13.8 Å². The smallest absolute Gasteiger partial charge is 0.0000480 e. The molecule has 0 aliphatic heterocycles. The largest absolute Gasteiger partial charge is 0.320 e. The Morgan fingerprint density at radius 1 is 1.09 bits per heavy atom. The third-order valence-electron chi connectivity index (χ3n) is 1.94. The van der Waals surface area contributed by atoms with Gasteiger partial charge in [0.05, 0.1) is 0 Å². The van der Waals surface area contributed by atoms with Gasteiger partial charge in [-0.3, -0.25) is 0 Å². The lowest BCUT2D eigenvalue weighted by atomic mass is 9.88. The first-order chi connectivity index (χ1) is 5.12. The highest BCUT2D eigenvalue weighted by molar-refractivity contribution is 4.70. The minimum atomic E-state index is 0.450. The summed E-state index contributed by atoms with van der Waals surface area (Å²) in [5.41, 5.74) is 0.450. The fourth-order valence-electron chi connectivity index (χ4n) is 1.31. The molecule has 0 unspecified atom stereocenters. The van der Waals surface area contributed by atoms with E-state index in [1.807, 2.05) is 14.1 Å². The van der Waals surface area contributed by atoms with Crippen LogP contribution in [0.5, 0.6) is 0 Å². The van der Waals surface area contributed by atoms with Crippen LogP contribution in [0.1, 0.15) is 26.7 Å². The van der Waals surface area contributed by atoms with Crippen molar-refractivity contribution in [1.82, 2.24) is 10.6 Å². The average molecular weight is 158 g/mol. The molecule has 68 valence electrons. The van der Waals surface area contributed by atoms with Gasteiger partial charge in [0.2, 0.25) is 0 Å². The molecule has 0 aromatic rings. The van der Waals surface area contributed by atoms with Crippen LogP contribution >= 0.6 is 0 Å². The van der Waals surface area contributed by atoms with Crippen molar-refractivity contribution in [2.24, 2.45) is 5.41 Å². The van der Waals surface area contributed by atoms with Crippen molar-refractivity contribution in [3.8, 4) is 0 Å². The fourth-order valence-corrected chi connectivity index (χ4v) is 1.31. The van der Waals surface area contributed by atoms with Crippen molar-refractivity contribution in [2.75, 3.05) is 27.2 Å². The number of rotatable bonds is 6. The predicted molar refractivity (Wildman–Crippen MR) is 50.9 cm³/mol. The van der Waals surface area contributed by atoms with E-state index >= 15 is 0 Å². The number of nitrogens with one attached hydrogen (secondary N) is 2. The van der Waals surface area contributed by atoms with E-state index in [9.17, 15) is 0 Å². The second-order valence-corrected chi connectivity index (χ2v) is 3.90. The van der Waals surface area contributed by atoms with Crippen molar-refractivity contribution in [3.63, 3.8) is 0 Å². The maximum absolute atomic E-state index is 3.21. The first-order valence-electron chi connectivity index (χ1n) is 4.41. The van der Waals surface area contributed by atoms with Crippen LogP contribution in [0.3, 0.4) is 0 Å². The molecule has 0 rings (SSSR count). The molecular formula is C9H22N2. The lowest BCUT2D eigenvalue weighted by Crippen LogP contribution is -2.27. The number of hydrogen-bond acceptors (Lipinski definition) is 2. The molecule has 0 saturated heterocycles. The Balaban J connectivity index is 3.38. The van der Waals surface area contributed by atoms with Gasteiger partial charge in [0, 0.05) is 0 Å². The van der Waals surface area contributed by atoms with Crippen molar-refractivity contribution in [3.05, 3.63) is 0 Å². The first kappa shape index (κ1) is 10.9. The minimum absolute atomic E-state index is 0.450. The quantitative estimate of drug-likeness (QED) is 0.568. The van der Waals surface area contributed by atoms with Gasteiger partial charge >= 0.3 is 0 Å². The molecule has 2 heteroatoms. The Morgan fingerprint density at radius 3 is 2.18 bits per heavy atom. The summed E-state index contributed by atoms with van der Waals surface area (Å²) < 4.78 is 0. The van der Waals surface area contributed by atoms with E-state index in [1.165, 1.54) is 12.8 Å². The zero-order chi connectivity index (χ0) is 8.74. The van der Waals surface area contributed by atoms with E-state index in [0.29, 0.717) is 5.41 Å². The predicted octanol–water partition coefficient (Wildman–Crippen LogP) is 1.23. The van der Waals surface area contributed by atoms with Gasteiger partial charge in [0.15, 0.2) is 0 Å². The molecule has 0 aliphatic rings. The molecule has 0 atom stereocenters. The fraction of sp³-hybridized carbons (Fsp3) is 1.00. The normalized spacial score (nSPS) is 12.0. The zero-order valence-corrected chi connectivity index (χ0v) is 8.33. The molecular weight excluding hydrogens is 136 g/mol. The lowest BCUT2D eigenvalue weighted by Gasteiger charge is -2.23. The van der Waals surface area contributed by atoms with Gasteiger partial charge in [0.1, 0.15) is 0 Å². The third-order valence-corrected chi connectivity index (χ3v) is 1.94. The monoisotopic (exact) mass is 158 g/mol. The highest BCUT2D eigenvalue weighted by Gasteiger charge is 2.15. The zero-order valence-electron chi connectivity index (χ0n) is 8.33. The Labute approximate surface area is 70.8 Å². The molecule has 0 bridgehead atoms. The molecule has 0 spiro atoms. The van der Waals surface area contributed by atoms with Crippen LogP contribution in [-0.2, 0) is 0 Å². The summed E-state index contributed by atoms with van der Waals surface area (Å²) in [6, 6.07) is 0. The molecule has 0 fully saturated rings. The van der Waals surface area contributed by atoms with Crippen LogP contribution < -0.4 is 10.6 Å². The molecule has 0 heterocycles. The summed E-state index contributed by atoms with van der Waals surface area (Å²) in [6.07, 6.45) is 2.56. The van der Waals surface area contributed by atoms with Crippen LogP contribution in [0.4, 0.5) is 0 Å². The Kier molecular flexibility index (Phi) is 5.51. The van der Waals surface area contributed by atoms with Crippen molar-refractivity contribution < 1.29 is 0 Å². The first-order valence-corrected chi connectivity index (χ1v) is 4.41. The summed E-state index contributed by atoms with van der Waals surface area (Å²) in [7, 11) is 4.02. The second-order valence-electron chi connectivity index (χ2n) is 3.90. The van der Waals surface area contributed by atoms with Crippen LogP contribution in [0, 0.1) is 5.41 Å². The van der Waals surface area contributed by atoms with Crippen molar-refractivity contribution in [2.45, 2.75) is 26.7 Å². The maximum atomic E-state index is 3.21. The van der Waals surface area contributed by atoms with Crippen LogP contribution in [0.2, 0.25) is 0 Å². The van der Waals surface area contributed by atoms with Crippen LogP contribution in [0.15, 0.2) is 0 Å². The molecule has 2 nitrogen and oxygen atoms in total. The number of hydrogen-bond donors (Lipinski definition) is 2. The summed E-state index contributed by atoms with van der Waals surface area (Å²) >= 11 is 0. The molecule has 0 aliphatic carbocycles. The molecule has 0 amide bonds. The van der Waals surface area contributed by atoms with Crippen LogP contribution in [-0.4, -0.2) is 27.2 Å². The lowest BCUT2D eigenvalue weighted by molar-refractivity contribution is 0.314. The summed E-state index contributed by atoms with van der Waals surface area (Å²) in [4.78, 5) is 0. The van der Waals surface area contributed by atoms with Gasteiger partial charge in [0.25, 0.3) is 0 Å². The Bertz CT molecular complexity index is 89.6. The van der Waals surface area contributed by atoms with E-state index < -0.39 is 0 Å². The second kappa shape index (κ2) is 5.56. The average Bonchev–Trinajstić information content (AvgIpc) is 1.87. The molecule has 0 radical (unpaired) electrons. The SMILES string of the molecule is CNCCCC(C)(C)CNC. The minimum Gasteiger partial charge on any atom is -0.320 e. The third kappa shape index (κ3) is 6.32. The van der Waals surface area contributed by atoms with E-state index in [2.05, 4.69) is 24.5 Å². The highest BCUT2D eigenvalue weighted by atomic mass is 14.8. The Hall–Kier alpha value is -0.0800. The van der Waals surface area contributed by atoms with Gasteiger partial charge in [-0.2, -0.15) is 0 Å². The van der Waals surface area contributed by atoms with E-state index in [4.69, 9.17) is 0 Å². The highest BCUT2D eigenvalue weighted by Crippen LogP contribution is 2.20. The summed E-state index contributed by atoms with van der Waals surface area (Å²) in [5.74, 6) is 0. The van der Waals surface area contributed by atoms with E-state index in [1.54, 1.807) is 0 Å². The molecule has 2 N–H and O–H groups in total. The van der Waals surface area contributed by atoms with Gasteiger partial charge in [-0.15, -0.1) is 0 Å². The van der Waals surface area contributed by atoms with Gasteiger partial charge in [-0.05, 0) is 45.4 Å². The van der Waals surface area contributed by atoms with Gasteiger partial charge < -0.3 is 10.6 Å². The topological polar surface area (TPSA) is 24.1 Å². The van der Waals surface area contributed by atoms with E-state index in [0.717, 1.165) is 13.1 Å². The Morgan fingerprint density at radius 2 is 1.73 bits per heavy atom. The van der Waals surface area contributed by atoms with Crippen molar-refractivity contribution >= 4 is 0 Å². The molecule has 0 aromatic heterocycles. The molecule has 11 heavy (non-hydrogen) atoms. The molecule has 0 saturated carbocycles. The van der Waals surface area contributed by atoms with E-state index in [-0.39, 0.29) is 0 Å². The molecule has 0 aromatic carbocycles. The summed E-state index contributed by atoms with van der Waals surface area (Å²) in [5, 5.41) is 6.38. The standard InChI is InChI=1S/C9H22N2/c1-9(2,8-11-4)6-5-7-10-3/h10-11H,5-8H2,1-4H3.